The molecule has 0 saturated carbocycles. The van der Waals surface area contributed by atoms with Crippen LogP contribution in [-0.2, 0) is 4.79 Å². The maximum atomic E-state index is 12.0. The van der Waals surface area contributed by atoms with Crippen LogP contribution >= 0.6 is 0 Å². The molecule has 0 bridgehead atoms. The lowest BCUT2D eigenvalue weighted by atomic mass is 10.1. The normalized spacial score (nSPS) is 12.6. The highest BCUT2D eigenvalue weighted by molar-refractivity contribution is 5.75. The Morgan fingerprint density at radius 2 is 1.62 bits per heavy atom. The van der Waals surface area contributed by atoms with Gasteiger partial charge in [0.1, 0.15) is 5.78 Å². The number of hydrogen-bond donors (Lipinski definition) is 0. The predicted octanol–water partition coefficient (Wildman–Crippen LogP) is 2.21. The summed E-state index contributed by atoms with van der Waals surface area (Å²) >= 11 is 0. The highest BCUT2D eigenvalue weighted by Gasteiger charge is 2.42. The van der Waals surface area contributed by atoms with Gasteiger partial charge in [0, 0.05) is 17.1 Å². The number of hydrogen-bond acceptors (Lipinski definition) is 3. The van der Waals surface area contributed by atoms with Crippen molar-refractivity contribution in [3.05, 3.63) is 0 Å². The van der Waals surface area contributed by atoms with Crippen molar-refractivity contribution in [2.24, 2.45) is 0 Å². The van der Waals surface area contributed by atoms with Gasteiger partial charge in [0.25, 0.3) is 0 Å². The standard InChI is InChI=1S/C6H10F4N2O/c1-5(13)3-4-6(2,11(7)8)12(9)10/h3-4H2,1-2H3. The second kappa shape index (κ2) is 4.52. The third-order valence-corrected chi connectivity index (χ3v) is 1.68. The molecular weight excluding hydrogens is 192 g/mol. The molecule has 0 atom stereocenters. The van der Waals surface area contributed by atoms with Crippen LogP contribution in [0.1, 0.15) is 26.7 Å². The largest absolute Gasteiger partial charge is 0.300 e. The summed E-state index contributed by atoms with van der Waals surface area (Å²) in [5.74, 6) is -0.407. The third-order valence-electron chi connectivity index (χ3n) is 1.68. The fourth-order valence-corrected chi connectivity index (χ4v) is 0.639. The molecule has 0 radical (unpaired) electrons. The molecule has 0 aromatic carbocycles. The van der Waals surface area contributed by atoms with Crippen LogP contribution in [0.15, 0.2) is 0 Å². The van der Waals surface area contributed by atoms with E-state index in [0.29, 0.717) is 6.92 Å². The summed E-state index contributed by atoms with van der Waals surface area (Å²) in [4.78, 5) is 10.4. The predicted molar refractivity (Wildman–Crippen MR) is 36.4 cm³/mol. The van der Waals surface area contributed by atoms with E-state index in [0.717, 1.165) is 6.92 Å². The molecule has 0 fully saturated rings. The van der Waals surface area contributed by atoms with E-state index in [1.807, 2.05) is 0 Å². The molecule has 0 amide bonds. The Labute approximate surface area is 72.6 Å². The van der Waals surface area contributed by atoms with Gasteiger partial charge in [-0.3, -0.25) is 0 Å². The second-order valence-corrected chi connectivity index (χ2v) is 2.88. The Morgan fingerprint density at radius 1 is 1.23 bits per heavy atom. The summed E-state index contributed by atoms with van der Waals surface area (Å²) in [5.41, 5.74) is -2.69. The Hall–Kier alpha value is -0.690. The molecule has 0 saturated heterocycles. The van der Waals surface area contributed by atoms with Crippen molar-refractivity contribution in [1.82, 2.24) is 10.7 Å². The molecule has 0 aromatic heterocycles. The van der Waals surface area contributed by atoms with Crippen LogP contribution in [0.2, 0.25) is 0 Å². The van der Waals surface area contributed by atoms with Crippen LogP contribution in [0, 0.1) is 0 Å². The van der Waals surface area contributed by atoms with Crippen molar-refractivity contribution in [2.75, 3.05) is 0 Å². The van der Waals surface area contributed by atoms with Gasteiger partial charge in [-0.25, -0.2) is 0 Å². The summed E-state index contributed by atoms with van der Waals surface area (Å²) in [7, 11) is 0. The molecule has 0 aliphatic carbocycles. The lowest BCUT2D eigenvalue weighted by Crippen LogP contribution is -2.45. The van der Waals surface area contributed by atoms with Gasteiger partial charge in [0.2, 0.25) is 0 Å². The Bertz CT molecular complexity index is 177. The molecule has 3 nitrogen and oxygen atoms in total. The molecule has 0 aliphatic heterocycles. The quantitative estimate of drug-likeness (QED) is 0.388. The monoisotopic (exact) mass is 202 g/mol. The van der Waals surface area contributed by atoms with E-state index in [2.05, 4.69) is 0 Å². The fourth-order valence-electron chi connectivity index (χ4n) is 0.639. The van der Waals surface area contributed by atoms with E-state index in [9.17, 15) is 22.7 Å². The third kappa shape index (κ3) is 3.27. The number of ketones is 1. The number of rotatable bonds is 5. The topological polar surface area (TPSA) is 23.6 Å². The maximum absolute atomic E-state index is 12.0. The Morgan fingerprint density at radius 3 is 1.85 bits per heavy atom. The number of nitrogens with zero attached hydrogens (tertiary/aromatic N) is 2. The van der Waals surface area contributed by atoms with Crippen LogP contribution in [0.3, 0.4) is 0 Å². The lowest BCUT2D eigenvalue weighted by molar-refractivity contribution is -0.367. The van der Waals surface area contributed by atoms with Crippen LogP contribution in [0.5, 0.6) is 0 Å². The first-order valence-electron chi connectivity index (χ1n) is 3.53. The van der Waals surface area contributed by atoms with Gasteiger partial charge in [0.05, 0.1) is 0 Å². The molecule has 13 heavy (non-hydrogen) atoms. The van der Waals surface area contributed by atoms with Crippen LogP contribution in [0.4, 0.5) is 17.9 Å². The molecule has 0 aromatic rings. The van der Waals surface area contributed by atoms with Crippen LogP contribution in [0.25, 0.3) is 0 Å². The Kier molecular flexibility index (Phi) is 4.28. The first-order valence-corrected chi connectivity index (χ1v) is 3.53. The van der Waals surface area contributed by atoms with Crippen LogP contribution in [-0.4, -0.2) is 22.1 Å². The SMILES string of the molecule is CC(=O)CCC(C)(N(F)F)N(F)F. The van der Waals surface area contributed by atoms with Crippen LogP contribution < -0.4 is 0 Å². The van der Waals surface area contributed by atoms with E-state index in [1.54, 1.807) is 0 Å². The molecular formula is C6H10F4N2O. The van der Waals surface area contributed by atoms with Crippen molar-refractivity contribution in [3.63, 3.8) is 0 Å². The first-order chi connectivity index (χ1) is 5.80. The first kappa shape index (κ1) is 12.3. The van der Waals surface area contributed by atoms with Crippen molar-refractivity contribution in [1.29, 1.82) is 0 Å². The summed E-state index contributed by atoms with van der Waals surface area (Å²) in [6.07, 6.45) is -0.937. The van der Waals surface area contributed by atoms with Gasteiger partial charge in [-0.1, -0.05) is 17.9 Å². The zero-order valence-electron chi connectivity index (χ0n) is 7.23. The zero-order chi connectivity index (χ0) is 10.6. The summed E-state index contributed by atoms with van der Waals surface area (Å²) in [6.45, 7) is 1.80. The van der Waals surface area contributed by atoms with E-state index < -0.39 is 28.6 Å². The van der Waals surface area contributed by atoms with Gasteiger partial charge >= 0.3 is 0 Å². The average Bonchev–Trinajstić information content (AvgIpc) is 1.99. The number of carbonyl (C=O) groups excluding carboxylic acids is 1. The lowest BCUT2D eigenvalue weighted by Gasteiger charge is -2.27. The molecule has 0 N–H and O–H groups in total. The molecule has 78 valence electrons. The minimum absolute atomic E-state index is 0.314. The van der Waals surface area contributed by atoms with E-state index in [4.69, 9.17) is 0 Å². The van der Waals surface area contributed by atoms with Crippen molar-refractivity contribution in [3.8, 4) is 0 Å². The summed E-state index contributed by atoms with van der Waals surface area (Å²) in [5, 5.41) is -3.20. The van der Waals surface area contributed by atoms with Gasteiger partial charge in [-0.15, -0.1) is 0 Å². The fraction of sp³-hybridized carbons (Fsp3) is 0.833. The van der Waals surface area contributed by atoms with E-state index in [1.165, 1.54) is 0 Å². The van der Waals surface area contributed by atoms with Gasteiger partial charge in [-0.05, 0) is 20.3 Å². The molecule has 7 heteroatoms. The molecule has 0 heterocycles. The van der Waals surface area contributed by atoms with Crippen molar-refractivity contribution in [2.45, 2.75) is 32.4 Å². The minimum atomic E-state index is -2.69. The highest BCUT2D eigenvalue weighted by Crippen LogP contribution is 2.27. The van der Waals surface area contributed by atoms with Gasteiger partial charge in [0.15, 0.2) is 5.66 Å². The van der Waals surface area contributed by atoms with E-state index >= 15 is 0 Å². The average molecular weight is 202 g/mol. The Balaban J connectivity index is 4.33. The second-order valence-electron chi connectivity index (χ2n) is 2.88. The molecule has 0 rings (SSSR count). The van der Waals surface area contributed by atoms with Gasteiger partial charge in [-0.2, -0.15) is 0 Å². The number of carbonyl (C=O) groups is 1. The number of Topliss-reactive ketones (excluding diaryl/α,β-unsaturated/α-hetero) is 1. The van der Waals surface area contributed by atoms with Gasteiger partial charge < -0.3 is 4.79 Å². The maximum Gasteiger partial charge on any atom is 0.193 e. The molecule has 0 aliphatic rings. The van der Waals surface area contributed by atoms with Crippen molar-refractivity contribution < 1.29 is 22.7 Å². The smallest absolute Gasteiger partial charge is 0.193 e. The summed E-state index contributed by atoms with van der Waals surface area (Å²) in [6, 6.07) is 0. The minimum Gasteiger partial charge on any atom is -0.300 e. The van der Waals surface area contributed by atoms with E-state index in [-0.39, 0.29) is 6.42 Å². The molecule has 0 spiro atoms. The summed E-state index contributed by atoms with van der Waals surface area (Å²) < 4.78 is 47.9. The number of halogens is 4. The highest BCUT2D eigenvalue weighted by atomic mass is 19.4. The zero-order valence-corrected chi connectivity index (χ0v) is 7.23. The molecule has 0 unspecified atom stereocenters. The van der Waals surface area contributed by atoms with Crippen molar-refractivity contribution >= 4 is 5.78 Å².